The lowest BCUT2D eigenvalue weighted by Gasteiger charge is -2.21. The van der Waals surface area contributed by atoms with Gasteiger partial charge in [-0.15, -0.1) is 0 Å². The first-order valence-corrected chi connectivity index (χ1v) is 19.7. The van der Waals surface area contributed by atoms with Crippen LogP contribution < -0.4 is 58.9 Å². The van der Waals surface area contributed by atoms with Crippen LogP contribution in [0.25, 0.3) is 0 Å². The predicted octanol–water partition coefficient (Wildman–Crippen LogP) is -2.99. The number of guanidine groups is 1. The van der Waals surface area contributed by atoms with E-state index in [1.165, 1.54) is 0 Å². The number of amides is 9. The zero-order valence-electron chi connectivity index (χ0n) is 33.7. The van der Waals surface area contributed by atoms with E-state index in [9.17, 15) is 43.2 Å². The standard InChI is InChI=1S/C35H64N12O12/c1-2-3-4-7-14-39-34(58)41-16-9-10-17-42-35(59)40-15-8-5-6-13-26(49)43-20-27(50)45-23(12-11-18-38-33(36)37)30(54)44-21-28(51)46-24(19-29(52)53)31(55)47-25(22-48)32(56)57/h23-25,48H,2-22H2,1H3,(H,43,49)(H,44,54)(H,45,50)(H,46,51)(H,47,55)(H,52,53)(H,56,57)(H4,36,37,38)(H2,39,41,58)(H2,40,42,59)/t23-,24-,25-/m0/s1. The molecule has 0 spiro atoms. The number of aliphatic carboxylic acids is 2. The Bertz CT molecular complexity index is 1370. The van der Waals surface area contributed by atoms with Crippen LogP contribution in [0.5, 0.6) is 0 Å². The average molecular weight is 845 g/mol. The second-order valence-corrected chi connectivity index (χ2v) is 13.3. The number of aliphatic hydroxyl groups is 1. The van der Waals surface area contributed by atoms with Gasteiger partial charge >= 0.3 is 24.0 Å². The maximum atomic E-state index is 12.9. The van der Waals surface area contributed by atoms with Gasteiger partial charge in [0.05, 0.1) is 26.1 Å². The summed E-state index contributed by atoms with van der Waals surface area (Å²) in [7, 11) is 0. The molecule has 0 bridgehead atoms. The number of unbranched alkanes of at least 4 members (excludes halogenated alkanes) is 6. The normalized spacial score (nSPS) is 12.0. The molecule has 0 aliphatic heterocycles. The summed E-state index contributed by atoms with van der Waals surface area (Å²) in [6.07, 6.45) is 6.79. The lowest BCUT2D eigenvalue weighted by atomic mass is 10.1. The van der Waals surface area contributed by atoms with E-state index in [2.05, 4.69) is 54.8 Å². The summed E-state index contributed by atoms with van der Waals surface area (Å²) in [6.45, 7) is 2.01. The van der Waals surface area contributed by atoms with Crippen LogP contribution in [-0.2, 0) is 33.6 Å². The fraction of sp³-hybridized carbons (Fsp3) is 0.714. The molecule has 0 aromatic heterocycles. The minimum absolute atomic E-state index is 0.00181. The van der Waals surface area contributed by atoms with Crippen molar-refractivity contribution in [3.63, 3.8) is 0 Å². The molecule has 336 valence electrons. The molecule has 0 aromatic carbocycles. The maximum absolute atomic E-state index is 12.9. The van der Waals surface area contributed by atoms with Crippen LogP contribution in [0.3, 0.4) is 0 Å². The first-order chi connectivity index (χ1) is 28.1. The van der Waals surface area contributed by atoms with E-state index >= 15 is 0 Å². The molecule has 0 saturated carbocycles. The molecule has 0 rings (SSSR count). The van der Waals surface area contributed by atoms with Gasteiger partial charge < -0.3 is 74.2 Å². The van der Waals surface area contributed by atoms with Crippen molar-refractivity contribution in [3.8, 4) is 0 Å². The Morgan fingerprint density at radius 1 is 0.542 bits per heavy atom. The molecule has 0 fully saturated rings. The molecular weight excluding hydrogens is 780 g/mol. The van der Waals surface area contributed by atoms with Crippen molar-refractivity contribution in [2.45, 2.75) is 109 Å². The van der Waals surface area contributed by atoms with Crippen molar-refractivity contribution < 1.29 is 58.5 Å². The number of carbonyl (C=O) groups excluding carboxylic acids is 7. The molecular formula is C35H64N12O12. The van der Waals surface area contributed by atoms with Gasteiger partial charge in [-0.2, -0.15) is 0 Å². The molecule has 0 saturated heterocycles. The van der Waals surface area contributed by atoms with Crippen molar-refractivity contribution in [1.82, 2.24) is 53.2 Å². The Morgan fingerprint density at radius 2 is 1.03 bits per heavy atom. The Morgan fingerprint density at radius 3 is 1.53 bits per heavy atom. The van der Waals surface area contributed by atoms with E-state index in [1.807, 2.05) is 5.32 Å². The molecule has 24 heteroatoms. The number of carboxylic acid groups (broad SMARTS) is 2. The van der Waals surface area contributed by atoms with Crippen LogP contribution in [0, 0.1) is 5.41 Å². The van der Waals surface area contributed by atoms with Gasteiger partial charge in [0, 0.05) is 39.1 Å². The summed E-state index contributed by atoms with van der Waals surface area (Å²) in [5.41, 5.74) is 5.26. The predicted molar refractivity (Wildman–Crippen MR) is 213 cm³/mol. The summed E-state index contributed by atoms with van der Waals surface area (Å²) in [5.74, 6) is -7.70. The van der Waals surface area contributed by atoms with Gasteiger partial charge in [-0.25, -0.2) is 14.4 Å². The fourth-order valence-corrected chi connectivity index (χ4v) is 5.01. The second kappa shape index (κ2) is 33.1. The quantitative estimate of drug-likeness (QED) is 0.0178. The fourth-order valence-electron chi connectivity index (χ4n) is 5.01. The molecule has 0 aliphatic carbocycles. The second-order valence-electron chi connectivity index (χ2n) is 13.3. The molecule has 9 amide bonds. The highest BCUT2D eigenvalue weighted by Gasteiger charge is 2.28. The van der Waals surface area contributed by atoms with Crippen LogP contribution in [0.2, 0.25) is 0 Å². The van der Waals surface area contributed by atoms with Crippen molar-refractivity contribution in [2.75, 3.05) is 52.4 Å². The number of nitrogens with one attached hydrogen (secondary N) is 11. The zero-order chi connectivity index (χ0) is 44.4. The minimum atomic E-state index is -1.76. The van der Waals surface area contributed by atoms with Crippen molar-refractivity contribution in [1.29, 1.82) is 5.41 Å². The SMILES string of the molecule is CCCCCCNC(=O)NCCCCNC(=O)NCCCCCC(=O)NCC(=O)N[C@@H](CCCNC(=N)N)C(=O)NCC(=O)N[C@@H](CC(=O)O)C(=O)N[C@@H](CO)C(=O)O. The van der Waals surface area contributed by atoms with E-state index in [1.54, 1.807) is 0 Å². The van der Waals surface area contributed by atoms with Gasteiger partial charge in [0.25, 0.3) is 0 Å². The minimum Gasteiger partial charge on any atom is -0.481 e. The van der Waals surface area contributed by atoms with Gasteiger partial charge in [0.2, 0.25) is 29.5 Å². The van der Waals surface area contributed by atoms with Gasteiger partial charge in [-0.05, 0) is 44.9 Å². The third-order valence-electron chi connectivity index (χ3n) is 8.19. The van der Waals surface area contributed by atoms with E-state index < -0.39 is 85.7 Å². The van der Waals surface area contributed by atoms with Crippen LogP contribution in [0.4, 0.5) is 9.59 Å². The number of aliphatic hydroxyl groups excluding tert-OH is 1. The maximum Gasteiger partial charge on any atom is 0.328 e. The third kappa shape index (κ3) is 29.9. The van der Waals surface area contributed by atoms with Crippen molar-refractivity contribution in [2.24, 2.45) is 5.73 Å². The van der Waals surface area contributed by atoms with Crippen molar-refractivity contribution >= 4 is 59.5 Å². The summed E-state index contributed by atoms with van der Waals surface area (Å²) in [6, 6.07) is -5.27. The smallest absolute Gasteiger partial charge is 0.328 e. The molecule has 3 atom stereocenters. The van der Waals surface area contributed by atoms with Gasteiger partial charge in [0.15, 0.2) is 5.96 Å². The molecule has 0 heterocycles. The topological polar surface area (TPSA) is 384 Å². The lowest BCUT2D eigenvalue weighted by Crippen LogP contribution is -2.55. The number of carbonyl (C=O) groups is 9. The zero-order valence-corrected chi connectivity index (χ0v) is 33.7. The summed E-state index contributed by atoms with van der Waals surface area (Å²) in [5, 5.41) is 59.2. The number of hydrogen-bond acceptors (Lipinski definition) is 11. The summed E-state index contributed by atoms with van der Waals surface area (Å²) in [4.78, 5) is 109. The molecule has 24 nitrogen and oxygen atoms in total. The summed E-state index contributed by atoms with van der Waals surface area (Å²) >= 11 is 0. The molecule has 0 aliphatic rings. The van der Waals surface area contributed by atoms with E-state index in [0.29, 0.717) is 58.3 Å². The van der Waals surface area contributed by atoms with Crippen LogP contribution in [-0.4, -0.2) is 145 Å². The van der Waals surface area contributed by atoms with Gasteiger partial charge in [-0.1, -0.05) is 32.6 Å². The first-order valence-electron chi connectivity index (χ1n) is 19.7. The number of urea groups is 2. The highest BCUT2D eigenvalue weighted by Crippen LogP contribution is 2.01. The molecule has 0 unspecified atom stereocenters. The number of nitrogens with two attached hydrogens (primary N) is 1. The largest absolute Gasteiger partial charge is 0.481 e. The van der Waals surface area contributed by atoms with E-state index in [0.717, 1.165) is 25.7 Å². The lowest BCUT2D eigenvalue weighted by molar-refractivity contribution is -0.144. The Hall–Kier alpha value is -5.94. The first kappa shape index (κ1) is 53.1. The Labute approximate surface area is 343 Å². The number of carboxylic acids is 2. The number of rotatable bonds is 33. The molecule has 16 N–H and O–H groups in total. The average Bonchev–Trinajstić information content (AvgIpc) is 3.18. The number of hydrogen-bond donors (Lipinski definition) is 15. The summed E-state index contributed by atoms with van der Waals surface area (Å²) < 4.78 is 0. The third-order valence-corrected chi connectivity index (χ3v) is 8.19. The highest BCUT2D eigenvalue weighted by atomic mass is 16.4. The monoisotopic (exact) mass is 844 g/mol. The van der Waals surface area contributed by atoms with Crippen LogP contribution >= 0.6 is 0 Å². The van der Waals surface area contributed by atoms with E-state index in [4.69, 9.17) is 26.5 Å². The van der Waals surface area contributed by atoms with Gasteiger partial charge in [0.1, 0.15) is 18.1 Å². The molecule has 59 heavy (non-hydrogen) atoms. The molecule has 0 radical (unpaired) electrons. The highest BCUT2D eigenvalue weighted by molar-refractivity contribution is 5.95. The Kier molecular flexibility index (Phi) is 29.7. The van der Waals surface area contributed by atoms with E-state index in [-0.39, 0.29) is 43.8 Å². The van der Waals surface area contributed by atoms with Crippen molar-refractivity contribution in [3.05, 3.63) is 0 Å². The van der Waals surface area contributed by atoms with Gasteiger partial charge in [-0.3, -0.25) is 34.2 Å². The molecule has 0 aromatic rings. The Balaban J connectivity index is 4.58. The van der Waals surface area contributed by atoms with Crippen LogP contribution in [0.1, 0.15) is 90.4 Å². The van der Waals surface area contributed by atoms with Crippen LogP contribution in [0.15, 0.2) is 0 Å².